The summed E-state index contributed by atoms with van der Waals surface area (Å²) in [6.45, 7) is 0.181. The van der Waals surface area contributed by atoms with Crippen LogP contribution in [0.3, 0.4) is 0 Å². The van der Waals surface area contributed by atoms with Crippen molar-refractivity contribution in [2.24, 2.45) is 0 Å². The number of hydrogen-bond acceptors (Lipinski definition) is 4. The number of ether oxygens (including phenoxy) is 1. The fourth-order valence-electron chi connectivity index (χ4n) is 1.21. The van der Waals surface area contributed by atoms with Crippen LogP contribution in [0.25, 0.3) is 0 Å². The van der Waals surface area contributed by atoms with Gasteiger partial charge in [0.25, 0.3) is 0 Å². The molecule has 1 aromatic carbocycles. The second-order valence-electron chi connectivity index (χ2n) is 3.28. The molecule has 0 unspecified atom stereocenters. The molecule has 0 radical (unpaired) electrons. The van der Waals surface area contributed by atoms with E-state index in [0.29, 0.717) is 17.1 Å². The van der Waals surface area contributed by atoms with Crippen LogP contribution in [-0.2, 0) is 0 Å². The van der Waals surface area contributed by atoms with Gasteiger partial charge in [-0.05, 0) is 24.3 Å². The molecule has 0 spiro atoms. The van der Waals surface area contributed by atoms with Crippen LogP contribution in [0, 0.1) is 0 Å². The van der Waals surface area contributed by atoms with Crippen molar-refractivity contribution < 1.29 is 14.6 Å². The van der Waals surface area contributed by atoms with E-state index in [1.165, 1.54) is 0 Å². The minimum absolute atomic E-state index is 0.0989. The molecule has 3 nitrogen and oxygen atoms in total. The molecule has 0 aromatic heterocycles. The van der Waals surface area contributed by atoms with Crippen molar-refractivity contribution in [3.05, 3.63) is 29.8 Å². The van der Waals surface area contributed by atoms with Crippen LogP contribution in [0.15, 0.2) is 24.3 Å². The third kappa shape index (κ3) is 4.24. The number of aliphatic hydroxyl groups is 1. The molecule has 1 rings (SSSR count). The second-order valence-corrected chi connectivity index (χ2v) is 4.39. The summed E-state index contributed by atoms with van der Waals surface area (Å²) in [5.74, 6) is 2.06. The van der Waals surface area contributed by atoms with Crippen molar-refractivity contribution in [1.82, 2.24) is 0 Å². The Hall–Kier alpha value is -1.00. The molecule has 16 heavy (non-hydrogen) atoms. The van der Waals surface area contributed by atoms with E-state index < -0.39 is 0 Å². The number of Topliss-reactive ketones (excluding diaryl/α,β-unsaturated/α-hetero) is 1. The van der Waals surface area contributed by atoms with Gasteiger partial charge >= 0.3 is 0 Å². The maximum absolute atomic E-state index is 11.7. The summed E-state index contributed by atoms with van der Waals surface area (Å²) in [5.41, 5.74) is 0.677. The Balaban J connectivity index is 2.46. The van der Waals surface area contributed by atoms with Gasteiger partial charge in [-0.25, -0.2) is 0 Å². The zero-order valence-corrected chi connectivity index (χ0v) is 10.1. The molecule has 0 aliphatic rings. The Kier molecular flexibility index (Phi) is 5.96. The Morgan fingerprint density at radius 2 is 2.31 bits per heavy atom. The van der Waals surface area contributed by atoms with E-state index in [-0.39, 0.29) is 12.4 Å². The van der Waals surface area contributed by atoms with Crippen molar-refractivity contribution in [3.63, 3.8) is 0 Å². The number of aliphatic hydroxyl groups excluding tert-OH is 1. The lowest BCUT2D eigenvalue weighted by atomic mass is 10.1. The molecule has 0 aliphatic heterocycles. The van der Waals surface area contributed by atoms with Crippen LogP contribution in [0.1, 0.15) is 16.8 Å². The van der Waals surface area contributed by atoms with E-state index in [4.69, 9.17) is 9.84 Å². The second kappa shape index (κ2) is 7.30. The van der Waals surface area contributed by atoms with Gasteiger partial charge in [0.2, 0.25) is 0 Å². The number of benzene rings is 1. The Morgan fingerprint density at radius 1 is 1.50 bits per heavy atom. The lowest BCUT2D eigenvalue weighted by molar-refractivity contribution is 0.102. The molecule has 0 bridgehead atoms. The van der Waals surface area contributed by atoms with Crippen molar-refractivity contribution in [2.45, 2.75) is 6.42 Å². The van der Waals surface area contributed by atoms with Crippen LogP contribution in [0.4, 0.5) is 0 Å². The van der Waals surface area contributed by atoms with E-state index in [1.54, 1.807) is 31.0 Å². The topological polar surface area (TPSA) is 46.5 Å². The van der Waals surface area contributed by atoms with Gasteiger partial charge in [-0.3, -0.25) is 4.79 Å². The van der Waals surface area contributed by atoms with Crippen LogP contribution in [0.2, 0.25) is 0 Å². The third-order valence-corrected chi connectivity index (χ3v) is 3.12. The Morgan fingerprint density at radius 3 is 3.00 bits per heavy atom. The molecule has 0 aliphatic carbocycles. The van der Waals surface area contributed by atoms with Crippen LogP contribution in [0.5, 0.6) is 5.75 Å². The largest absolute Gasteiger partial charge is 0.497 e. The molecule has 0 atom stereocenters. The molecule has 4 heteroatoms. The SMILES string of the molecule is COc1cccc(C(=O)CSCCCO)c1. The van der Waals surface area contributed by atoms with Gasteiger partial charge < -0.3 is 9.84 Å². The van der Waals surface area contributed by atoms with E-state index in [1.807, 2.05) is 12.1 Å². The first-order valence-corrected chi connectivity index (χ1v) is 6.29. The zero-order valence-electron chi connectivity index (χ0n) is 9.31. The summed E-state index contributed by atoms with van der Waals surface area (Å²) in [7, 11) is 1.58. The molecule has 1 N–H and O–H groups in total. The number of rotatable bonds is 7. The Labute approximate surface area is 99.8 Å². The van der Waals surface area contributed by atoms with Crippen LogP contribution < -0.4 is 4.74 Å². The number of carbonyl (C=O) groups excluding carboxylic acids is 1. The number of thioether (sulfide) groups is 1. The number of ketones is 1. The highest BCUT2D eigenvalue weighted by Gasteiger charge is 2.06. The summed E-state index contributed by atoms with van der Waals surface area (Å²) in [6, 6.07) is 7.16. The normalized spacial score (nSPS) is 10.1. The fraction of sp³-hybridized carbons (Fsp3) is 0.417. The number of methoxy groups -OCH3 is 1. The van der Waals surface area contributed by atoms with E-state index >= 15 is 0 Å². The first-order chi connectivity index (χ1) is 7.77. The predicted molar refractivity (Wildman–Crippen MR) is 66.4 cm³/mol. The summed E-state index contributed by atoms with van der Waals surface area (Å²) >= 11 is 1.54. The number of hydrogen-bond donors (Lipinski definition) is 1. The molecular weight excluding hydrogens is 224 g/mol. The average molecular weight is 240 g/mol. The molecule has 0 saturated carbocycles. The summed E-state index contributed by atoms with van der Waals surface area (Å²) in [6.07, 6.45) is 0.732. The first kappa shape index (κ1) is 13.1. The third-order valence-electron chi connectivity index (χ3n) is 2.07. The molecule has 1 aromatic rings. The molecule has 0 saturated heterocycles. The van der Waals surface area contributed by atoms with Crippen LogP contribution in [-0.4, -0.2) is 36.1 Å². The van der Waals surface area contributed by atoms with E-state index in [0.717, 1.165) is 12.2 Å². The summed E-state index contributed by atoms with van der Waals surface area (Å²) in [5, 5.41) is 8.60. The predicted octanol–water partition coefficient (Wildman–Crippen LogP) is 1.99. The zero-order chi connectivity index (χ0) is 11.8. The average Bonchev–Trinajstić information content (AvgIpc) is 2.34. The van der Waals surface area contributed by atoms with E-state index in [9.17, 15) is 4.79 Å². The van der Waals surface area contributed by atoms with Crippen LogP contribution >= 0.6 is 11.8 Å². The van der Waals surface area contributed by atoms with E-state index in [2.05, 4.69) is 0 Å². The monoisotopic (exact) mass is 240 g/mol. The van der Waals surface area contributed by atoms with Gasteiger partial charge in [0.1, 0.15) is 5.75 Å². The highest BCUT2D eigenvalue weighted by Crippen LogP contribution is 2.15. The van der Waals surface area contributed by atoms with Gasteiger partial charge in [-0.1, -0.05) is 12.1 Å². The summed E-state index contributed by atoms with van der Waals surface area (Å²) in [4.78, 5) is 11.7. The number of carbonyl (C=O) groups is 1. The molecule has 0 amide bonds. The van der Waals surface area contributed by atoms with Crippen molar-refractivity contribution in [2.75, 3.05) is 25.2 Å². The first-order valence-electron chi connectivity index (χ1n) is 5.13. The lowest BCUT2D eigenvalue weighted by Crippen LogP contribution is -2.03. The van der Waals surface area contributed by atoms with Crippen molar-refractivity contribution in [1.29, 1.82) is 0 Å². The smallest absolute Gasteiger partial charge is 0.172 e. The van der Waals surface area contributed by atoms with Gasteiger partial charge in [-0.15, -0.1) is 0 Å². The lowest BCUT2D eigenvalue weighted by Gasteiger charge is -2.03. The minimum atomic E-state index is 0.0989. The molecule has 88 valence electrons. The maximum atomic E-state index is 11.7. The molecular formula is C12H16O3S. The van der Waals surface area contributed by atoms with Crippen molar-refractivity contribution in [3.8, 4) is 5.75 Å². The standard InChI is InChI=1S/C12H16O3S/c1-15-11-5-2-4-10(8-11)12(14)9-16-7-3-6-13/h2,4-5,8,13H,3,6-7,9H2,1H3. The highest BCUT2D eigenvalue weighted by atomic mass is 32.2. The quantitative estimate of drug-likeness (QED) is 0.585. The minimum Gasteiger partial charge on any atom is -0.497 e. The van der Waals surface area contributed by atoms with Crippen molar-refractivity contribution >= 4 is 17.5 Å². The maximum Gasteiger partial charge on any atom is 0.172 e. The Bertz CT molecular complexity index is 339. The molecule has 0 heterocycles. The van der Waals surface area contributed by atoms with Gasteiger partial charge in [-0.2, -0.15) is 11.8 Å². The highest BCUT2D eigenvalue weighted by molar-refractivity contribution is 7.99. The van der Waals surface area contributed by atoms with Gasteiger partial charge in [0, 0.05) is 12.2 Å². The van der Waals surface area contributed by atoms with Gasteiger partial charge in [0.05, 0.1) is 12.9 Å². The fourth-order valence-corrected chi connectivity index (χ4v) is 2.04. The van der Waals surface area contributed by atoms with Gasteiger partial charge in [0.15, 0.2) is 5.78 Å². The summed E-state index contributed by atoms with van der Waals surface area (Å²) < 4.78 is 5.06. The molecule has 0 fully saturated rings.